The smallest absolute Gasteiger partial charge is 0.340 e. The summed E-state index contributed by atoms with van der Waals surface area (Å²) < 4.78 is 20.1. The lowest BCUT2D eigenvalue weighted by atomic mass is 10.2. The van der Waals surface area contributed by atoms with Gasteiger partial charge in [-0.15, -0.1) is 0 Å². The van der Waals surface area contributed by atoms with E-state index in [2.05, 4.69) is 5.32 Å². The van der Waals surface area contributed by atoms with Crippen LogP contribution < -0.4 is 14.8 Å². The van der Waals surface area contributed by atoms with E-state index in [1.807, 2.05) is 0 Å². The van der Waals surface area contributed by atoms with Crippen LogP contribution >= 0.6 is 0 Å². The molecule has 0 aliphatic heterocycles. The van der Waals surface area contributed by atoms with Gasteiger partial charge in [0.1, 0.15) is 0 Å². The second-order valence-electron chi connectivity index (χ2n) is 4.15. The number of anilines is 1. The summed E-state index contributed by atoms with van der Waals surface area (Å²) in [7, 11) is 3.01. The Kier molecular flexibility index (Phi) is 7.01. The Morgan fingerprint density at radius 1 is 1.00 bits per heavy atom. The van der Waals surface area contributed by atoms with Crippen molar-refractivity contribution in [3.05, 3.63) is 18.2 Å². The molecule has 0 radical (unpaired) electrons. The average Bonchev–Trinajstić information content (AvgIpc) is 2.52. The van der Waals surface area contributed by atoms with Crippen molar-refractivity contribution in [2.45, 2.75) is 19.9 Å². The van der Waals surface area contributed by atoms with Crippen molar-refractivity contribution < 1.29 is 28.5 Å². The van der Waals surface area contributed by atoms with Gasteiger partial charge in [-0.3, -0.25) is 0 Å². The number of nitrogens with one attached hydrogen (secondary N) is 1. The quantitative estimate of drug-likeness (QED) is 0.577. The Morgan fingerprint density at radius 2 is 1.55 bits per heavy atom. The van der Waals surface area contributed by atoms with Gasteiger partial charge in [0.15, 0.2) is 11.5 Å². The molecule has 0 aromatic heterocycles. The van der Waals surface area contributed by atoms with Gasteiger partial charge in [0.05, 0.1) is 27.4 Å². The van der Waals surface area contributed by atoms with Gasteiger partial charge in [0.25, 0.3) is 0 Å². The predicted molar refractivity (Wildman–Crippen MR) is 80.2 cm³/mol. The molecule has 0 saturated heterocycles. The van der Waals surface area contributed by atoms with Gasteiger partial charge in [-0.25, -0.2) is 9.59 Å². The molecule has 1 N–H and O–H groups in total. The summed E-state index contributed by atoms with van der Waals surface area (Å²) in [6.07, 6.45) is 0. The largest absolute Gasteiger partial charge is 0.493 e. The van der Waals surface area contributed by atoms with Gasteiger partial charge >= 0.3 is 11.9 Å². The predicted octanol–water partition coefficient (Wildman–Crippen LogP) is 1.61. The van der Waals surface area contributed by atoms with Crippen molar-refractivity contribution >= 4 is 17.6 Å². The van der Waals surface area contributed by atoms with Crippen molar-refractivity contribution in [1.82, 2.24) is 0 Å². The number of rotatable bonds is 8. The summed E-state index contributed by atoms with van der Waals surface area (Å²) in [4.78, 5) is 23.8. The molecule has 7 nitrogen and oxygen atoms in total. The van der Waals surface area contributed by atoms with Gasteiger partial charge in [-0.05, 0) is 26.0 Å². The summed E-state index contributed by atoms with van der Waals surface area (Å²) in [6, 6.07) is 3.70. The molecule has 0 aliphatic rings. The summed E-state index contributed by atoms with van der Waals surface area (Å²) in [5, 5.41) is 2.79. The van der Waals surface area contributed by atoms with E-state index in [0.29, 0.717) is 17.2 Å². The molecule has 0 heterocycles. The van der Waals surface area contributed by atoms with Gasteiger partial charge in [0, 0.05) is 11.8 Å². The fourth-order valence-electron chi connectivity index (χ4n) is 1.76. The van der Waals surface area contributed by atoms with Crippen molar-refractivity contribution in [1.29, 1.82) is 0 Å². The fraction of sp³-hybridized carbons (Fsp3) is 0.467. The molecule has 0 aliphatic carbocycles. The highest BCUT2D eigenvalue weighted by Gasteiger charge is 2.29. The molecule has 1 rings (SSSR count). The molecular formula is C15H21NO6. The van der Waals surface area contributed by atoms with E-state index in [1.54, 1.807) is 32.0 Å². The zero-order valence-corrected chi connectivity index (χ0v) is 13.2. The Bertz CT molecular complexity index is 499. The molecule has 0 spiro atoms. The fourth-order valence-corrected chi connectivity index (χ4v) is 1.76. The molecule has 7 heteroatoms. The van der Waals surface area contributed by atoms with E-state index >= 15 is 0 Å². The monoisotopic (exact) mass is 311 g/mol. The Balaban J connectivity index is 2.98. The number of carbonyl (C=O) groups is 2. The molecule has 0 atom stereocenters. The number of hydrogen-bond donors (Lipinski definition) is 1. The van der Waals surface area contributed by atoms with E-state index in [4.69, 9.17) is 18.9 Å². The maximum Gasteiger partial charge on any atom is 0.340 e. The number of esters is 2. The van der Waals surface area contributed by atoms with Crippen LogP contribution in [0.1, 0.15) is 13.8 Å². The zero-order valence-electron chi connectivity index (χ0n) is 13.2. The molecule has 1 aromatic rings. The van der Waals surface area contributed by atoms with Crippen LogP contribution in [0.4, 0.5) is 5.69 Å². The third-order valence-corrected chi connectivity index (χ3v) is 2.74. The highest BCUT2D eigenvalue weighted by molar-refractivity contribution is 6.02. The van der Waals surface area contributed by atoms with E-state index in [9.17, 15) is 9.59 Å². The van der Waals surface area contributed by atoms with E-state index < -0.39 is 18.0 Å². The second-order valence-corrected chi connectivity index (χ2v) is 4.15. The molecule has 0 fully saturated rings. The van der Waals surface area contributed by atoms with Crippen LogP contribution in [0.2, 0.25) is 0 Å². The van der Waals surface area contributed by atoms with Gasteiger partial charge in [-0.2, -0.15) is 0 Å². The van der Waals surface area contributed by atoms with Crippen LogP contribution in [-0.4, -0.2) is 45.4 Å². The molecule has 1 aromatic carbocycles. The van der Waals surface area contributed by atoms with Crippen LogP contribution in [0.25, 0.3) is 0 Å². The molecule has 22 heavy (non-hydrogen) atoms. The highest BCUT2D eigenvalue weighted by atomic mass is 16.6. The minimum atomic E-state index is -1.24. The Morgan fingerprint density at radius 3 is 2.00 bits per heavy atom. The van der Waals surface area contributed by atoms with Crippen molar-refractivity contribution in [2.75, 3.05) is 32.8 Å². The van der Waals surface area contributed by atoms with E-state index in [0.717, 1.165) is 0 Å². The van der Waals surface area contributed by atoms with Gasteiger partial charge in [-0.1, -0.05) is 0 Å². The van der Waals surface area contributed by atoms with Crippen LogP contribution in [0.15, 0.2) is 18.2 Å². The van der Waals surface area contributed by atoms with E-state index in [-0.39, 0.29) is 13.2 Å². The first-order valence-electron chi connectivity index (χ1n) is 6.89. The van der Waals surface area contributed by atoms with Crippen LogP contribution in [0.3, 0.4) is 0 Å². The summed E-state index contributed by atoms with van der Waals surface area (Å²) >= 11 is 0. The van der Waals surface area contributed by atoms with Crippen LogP contribution in [0, 0.1) is 0 Å². The van der Waals surface area contributed by atoms with Crippen LogP contribution in [0.5, 0.6) is 11.5 Å². The van der Waals surface area contributed by atoms with Crippen molar-refractivity contribution in [2.24, 2.45) is 0 Å². The van der Waals surface area contributed by atoms with Gasteiger partial charge < -0.3 is 24.3 Å². The number of ether oxygens (including phenoxy) is 4. The zero-order chi connectivity index (χ0) is 16.5. The minimum Gasteiger partial charge on any atom is -0.493 e. The first kappa shape index (κ1) is 17.6. The number of carbonyl (C=O) groups excluding carboxylic acids is 2. The molecule has 122 valence electrons. The normalized spacial score (nSPS) is 10.0. The van der Waals surface area contributed by atoms with Crippen molar-refractivity contribution in [3.63, 3.8) is 0 Å². The number of hydrogen-bond acceptors (Lipinski definition) is 7. The third-order valence-electron chi connectivity index (χ3n) is 2.74. The SMILES string of the molecule is CCOC(=O)C(Nc1ccc(OC)c(OC)c1)C(=O)OCC. The standard InChI is InChI=1S/C15H21NO6/c1-5-21-14(17)13(15(18)22-6-2)16-10-7-8-11(19-3)12(9-10)20-4/h7-9,13,16H,5-6H2,1-4H3. The Labute approximate surface area is 129 Å². The maximum absolute atomic E-state index is 11.9. The summed E-state index contributed by atoms with van der Waals surface area (Å²) in [5.41, 5.74) is 0.503. The average molecular weight is 311 g/mol. The maximum atomic E-state index is 11.9. The molecular weight excluding hydrogens is 290 g/mol. The lowest BCUT2D eigenvalue weighted by molar-refractivity contribution is -0.155. The lowest BCUT2D eigenvalue weighted by Crippen LogP contribution is -2.40. The summed E-state index contributed by atoms with van der Waals surface area (Å²) in [5.74, 6) is -0.387. The Hall–Kier alpha value is -2.44. The number of benzene rings is 1. The highest BCUT2D eigenvalue weighted by Crippen LogP contribution is 2.30. The topological polar surface area (TPSA) is 83.1 Å². The minimum absolute atomic E-state index is 0.169. The lowest BCUT2D eigenvalue weighted by Gasteiger charge is -2.18. The first-order valence-corrected chi connectivity index (χ1v) is 6.89. The van der Waals surface area contributed by atoms with E-state index in [1.165, 1.54) is 14.2 Å². The van der Waals surface area contributed by atoms with Crippen LogP contribution in [-0.2, 0) is 19.1 Å². The number of methoxy groups -OCH3 is 2. The molecule has 0 amide bonds. The third kappa shape index (κ3) is 4.54. The molecule has 0 bridgehead atoms. The molecule has 0 saturated carbocycles. The van der Waals surface area contributed by atoms with Gasteiger partial charge in [0.2, 0.25) is 6.04 Å². The first-order chi connectivity index (χ1) is 10.6. The molecule has 0 unspecified atom stereocenters. The van der Waals surface area contributed by atoms with Crippen molar-refractivity contribution in [3.8, 4) is 11.5 Å². The summed E-state index contributed by atoms with van der Waals surface area (Å²) in [6.45, 7) is 3.66. The second kappa shape index (κ2) is 8.76.